The molecule has 0 aliphatic heterocycles. The lowest BCUT2D eigenvalue weighted by Crippen LogP contribution is -2.53. The third-order valence-corrected chi connectivity index (χ3v) is 18.1. The predicted octanol–water partition coefficient (Wildman–Crippen LogP) is 16.1. The van der Waals surface area contributed by atoms with Gasteiger partial charge in [-0.2, -0.15) is 0 Å². The van der Waals surface area contributed by atoms with Gasteiger partial charge in [-0.15, -0.1) is 0 Å². The summed E-state index contributed by atoms with van der Waals surface area (Å²) in [6.45, 7) is 12.7. The van der Waals surface area contributed by atoms with Gasteiger partial charge in [-0.25, -0.2) is 9.59 Å². The summed E-state index contributed by atoms with van der Waals surface area (Å²) in [4.78, 5) is 27.1. The Morgan fingerprint density at radius 1 is 0.701 bits per heavy atom. The van der Waals surface area contributed by atoms with Gasteiger partial charge in [0.05, 0.1) is 10.0 Å². The molecular formula is C59H72Cl2O6. The molecule has 8 heteroatoms. The molecule has 0 radical (unpaired) electrons. The Kier molecular flexibility index (Phi) is 15.5. The van der Waals surface area contributed by atoms with Gasteiger partial charge in [0.2, 0.25) is 0 Å². The lowest BCUT2D eigenvalue weighted by atomic mass is 9.44. The molecule has 4 aromatic rings. The van der Waals surface area contributed by atoms with Gasteiger partial charge in [-0.3, -0.25) is 0 Å². The second-order valence-corrected chi connectivity index (χ2v) is 22.7. The molecular weight excluding hydrogens is 876 g/mol. The van der Waals surface area contributed by atoms with Gasteiger partial charge < -0.3 is 19.7 Å². The highest BCUT2D eigenvalue weighted by molar-refractivity contribution is 6.33. The molecule has 0 aromatic heterocycles. The number of allylic oxidation sites excluding steroid dienone is 1. The largest absolute Gasteiger partial charge is 0.505 e. The van der Waals surface area contributed by atoms with E-state index in [2.05, 4.69) is 40.7 Å². The Balaban J connectivity index is 1.01. The van der Waals surface area contributed by atoms with E-state index >= 15 is 0 Å². The number of fused-ring (bicyclic) bond motifs is 5. The number of halogens is 2. The highest BCUT2D eigenvalue weighted by Crippen LogP contribution is 2.69. The second kappa shape index (κ2) is 21.2. The Bertz CT molecular complexity index is 2280. The van der Waals surface area contributed by atoms with Crippen molar-refractivity contribution in [2.45, 2.75) is 138 Å². The molecule has 4 aromatic carbocycles. The predicted molar refractivity (Wildman–Crippen MR) is 270 cm³/mol. The first-order valence-corrected chi connectivity index (χ1v) is 26.1. The van der Waals surface area contributed by atoms with E-state index in [-0.39, 0.29) is 45.9 Å². The Labute approximate surface area is 409 Å². The smallest absolute Gasteiger partial charge is 0.342 e. The molecule has 0 spiro atoms. The molecule has 0 heterocycles. The van der Waals surface area contributed by atoms with Crippen LogP contribution in [-0.2, 0) is 22.7 Å². The summed E-state index contributed by atoms with van der Waals surface area (Å²) >= 11 is 13.4. The van der Waals surface area contributed by atoms with Gasteiger partial charge in [0.15, 0.2) is 0 Å². The number of aromatic hydroxyl groups is 2. The van der Waals surface area contributed by atoms with Crippen LogP contribution in [-0.4, -0.2) is 22.2 Å². The number of esters is 2. The van der Waals surface area contributed by atoms with Crippen LogP contribution in [0.1, 0.15) is 167 Å². The number of ether oxygens (including phenoxy) is 2. The average molecular weight is 948 g/mol. The lowest BCUT2D eigenvalue weighted by molar-refractivity contribution is -0.121. The van der Waals surface area contributed by atoms with E-state index in [1.165, 1.54) is 77.0 Å². The maximum Gasteiger partial charge on any atom is 0.342 e. The topological polar surface area (TPSA) is 93.1 Å². The van der Waals surface area contributed by atoms with E-state index < -0.39 is 11.9 Å². The van der Waals surface area contributed by atoms with Gasteiger partial charge >= 0.3 is 11.9 Å². The van der Waals surface area contributed by atoms with Crippen molar-refractivity contribution >= 4 is 40.7 Å². The number of carbonyl (C=O) groups excluding carboxylic acids is 2. The average Bonchev–Trinajstić information content (AvgIpc) is 3.68. The molecule has 4 fully saturated rings. The van der Waals surface area contributed by atoms with Crippen molar-refractivity contribution < 1.29 is 29.3 Å². The molecule has 358 valence electrons. The van der Waals surface area contributed by atoms with Crippen LogP contribution in [0.4, 0.5) is 0 Å². The van der Waals surface area contributed by atoms with Crippen molar-refractivity contribution in [3.05, 3.63) is 134 Å². The van der Waals surface area contributed by atoms with Crippen LogP contribution in [0.25, 0.3) is 5.57 Å². The summed E-state index contributed by atoms with van der Waals surface area (Å²) in [6.07, 6.45) is 20.0. The van der Waals surface area contributed by atoms with E-state index in [9.17, 15) is 19.8 Å². The van der Waals surface area contributed by atoms with E-state index in [1.54, 1.807) is 24.3 Å². The van der Waals surface area contributed by atoms with Gasteiger partial charge in [-0.05, 0) is 181 Å². The molecule has 67 heavy (non-hydrogen) atoms. The standard InChI is InChI=1S/C59H72Cl2O6/c1-37(2)14-12-15-38(3)49-24-25-50-46-23-22-44-30-39(26-28-58(44,4)51(46)27-29-59(49,50)5)20-13-21-45(42-31-47(54(62)52(60)33-42)56(64)66-35-40-16-8-6-9-17-40)43-32-48(55(63)53(61)34-43)57(65)67-36-41-18-10-7-11-19-41/h6-11,16-19,21,31-34,37-39,44,46,49-51,62-63H,12-15,20,22-30,35-36H2,1-5H3. The Morgan fingerprint density at radius 2 is 1.25 bits per heavy atom. The molecule has 9 atom stereocenters. The first-order valence-electron chi connectivity index (χ1n) is 25.3. The van der Waals surface area contributed by atoms with Crippen LogP contribution in [0.3, 0.4) is 0 Å². The van der Waals surface area contributed by atoms with Gasteiger partial charge in [0.1, 0.15) is 35.8 Å². The summed E-state index contributed by atoms with van der Waals surface area (Å²) in [6, 6.07) is 25.1. The molecule has 0 saturated heterocycles. The number of phenols is 2. The number of hydrogen-bond donors (Lipinski definition) is 2. The summed E-state index contributed by atoms with van der Waals surface area (Å²) in [5.74, 6) is 4.17. The van der Waals surface area contributed by atoms with Crippen LogP contribution < -0.4 is 0 Å². The van der Waals surface area contributed by atoms with E-state index in [4.69, 9.17) is 32.7 Å². The summed E-state index contributed by atoms with van der Waals surface area (Å²) in [7, 11) is 0. The molecule has 4 aliphatic rings. The molecule has 2 N–H and O–H groups in total. The molecule has 4 saturated carbocycles. The SMILES string of the molecule is CC(C)CCCC(C)C1CCC2C3CCC4CC(CCC=C(c5cc(Cl)c(O)c(C(=O)OCc6ccccc6)c5)c5cc(Cl)c(O)c(C(=O)OCc6ccccc6)c5)CCC4(C)C3CCC12C. The molecule has 4 aliphatic carbocycles. The Hall–Kier alpha value is -4.26. The van der Waals surface area contributed by atoms with Crippen molar-refractivity contribution in [2.75, 3.05) is 0 Å². The van der Waals surface area contributed by atoms with Crippen molar-refractivity contribution in [3.63, 3.8) is 0 Å². The second-order valence-electron chi connectivity index (χ2n) is 21.9. The normalized spacial score (nSPS) is 27.0. The van der Waals surface area contributed by atoms with E-state index in [0.717, 1.165) is 65.4 Å². The molecule has 8 rings (SSSR count). The van der Waals surface area contributed by atoms with Crippen molar-refractivity contribution in [1.82, 2.24) is 0 Å². The molecule has 0 amide bonds. The highest BCUT2D eigenvalue weighted by Gasteiger charge is 2.60. The highest BCUT2D eigenvalue weighted by atomic mass is 35.5. The van der Waals surface area contributed by atoms with E-state index in [1.807, 2.05) is 60.7 Å². The summed E-state index contributed by atoms with van der Waals surface area (Å²) in [5, 5.41) is 22.2. The quantitative estimate of drug-likeness (QED) is 0.109. The Morgan fingerprint density at radius 3 is 1.82 bits per heavy atom. The summed E-state index contributed by atoms with van der Waals surface area (Å²) < 4.78 is 11.3. The van der Waals surface area contributed by atoms with Crippen molar-refractivity contribution in [2.24, 2.45) is 58.2 Å². The fourth-order valence-corrected chi connectivity index (χ4v) is 14.4. The lowest BCUT2D eigenvalue weighted by Gasteiger charge is -2.61. The first kappa shape index (κ1) is 49.2. The van der Waals surface area contributed by atoms with E-state index in [0.29, 0.717) is 33.4 Å². The first-order chi connectivity index (χ1) is 32.2. The van der Waals surface area contributed by atoms with Crippen LogP contribution >= 0.6 is 23.2 Å². The van der Waals surface area contributed by atoms with Crippen molar-refractivity contribution in [3.8, 4) is 11.5 Å². The number of benzene rings is 4. The maximum absolute atomic E-state index is 13.6. The third kappa shape index (κ3) is 10.7. The van der Waals surface area contributed by atoms with Gasteiger partial charge in [0.25, 0.3) is 0 Å². The summed E-state index contributed by atoms with van der Waals surface area (Å²) in [5.41, 5.74) is 4.09. The minimum absolute atomic E-state index is 0.0168. The van der Waals surface area contributed by atoms with Crippen LogP contribution in [0.2, 0.25) is 10.0 Å². The van der Waals surface area contributed by atoms with Crippen molar-refractivity contribution in [1.29, 1.82) is 0 Å². The minimum Gasteiger partial charge on any atom is -0.505 e. The maximum atomic E-state index is 13.6. The molecule has 0 bridgehead atoms. The van der Waals surface area contributed by atoms with Gasteiger partial charge in [-0.1, -0.05) is 144 Å². The van der Waals surface area contributed by atoms with Crippen LogP contribution in [0.5, 0.6) is 11.5 Å². The zero-order valence-corrected chi connectivity index (χ0v) is 41.9. The van der Waals surface area contributed by atoms with Crippen LogP contribution in [0, 0.1) is 58.2 Å². The zero-order chi connectivity index (χ0) is 47.5. The third-order valence-electron chi connectivity index (χ3n) is 17.5. The fourth-order valence-electron chi connectivity index (χ4n) is 13.9. The fraction of sp³-hybridized carbons (Fsp3) is 0.525. The zero-order valence-electron chi connectivity index (χ0n) is 40.4. The number of phenolic OH excluding ortho intramolecular Hbond substituents is 2. The monoisotopic (exact) mass is 946 g/mol. The van der Waals surface area contributed by atoms with Crippen LogP contribution in [0.15, 0.2) is 91.0 Å². The molecule has 6 nitrogen and oxygen atoms in total. The molecule has 9 unspecified atom stereocenters. The van der Waals surface area contributed by atoms with Gasteiger partial charge in [0, 0.05) is 0 Å². The number of hydrogen-bond acceptors (Lipinski definition) is 6. The number of carbonyl (C=O) groups is 2. The minimum atomic E-state index is -0.722. The number of rotatable bonds is 16.